The van der Waals surface area contributed by atoms with Crippen LogP contribution in [0.3, 0.4) is 0 Å². The highest BCUT2D eigenvalue weighted by molar-refractivity contribution is 5.21. The molecular formula is C15H25FN2O. The van der Waals surface area contributed by atoms with E-state index < -0.39 is 0 Å². The van der Waals surface area contributed by atoms with E-state index in [0.29, 0.717) is 18.2 Å². The van der Waals surface area contributed by atoms with E-state index in [-0.39, 0.29) is 18.5 Å². The average Bonchev–Trinajstić information content (AvgIpc) is 2.39. The Kier molecular flexibility index (Phi) is 6.99. The summed E-state index contributed by atoms with van der Waals surface area (Å²) in [5, 5.41) is 12.2. The number of halogens is 1. The van der Waals surface area contributed by atoms with Gasteiger partial charge in [-0.1, -0.05) is 18.2 Å². The number of hydrogen-bond acceptors (Lipinski definition) is 3. The quantitative estimate of drug-likeness (QED) is 0.758. The molecule has 0 amide bonds. The molecule has 0 aliphatic heterocycles. The normalized spacial score (nSPS) is 13.2. The molecule has 4 heteroatoms. The van der Waals surface area contributed by atoms with Crippen molar-refractivity contribution in [1.29, 1.82) is 0 Å². The predicted molar refractivity (Wildman–Crippen MR) is 76.6 cm³/mol. The minimum Gasteiger partial charge on any atom is -0.395 e. The third-order valence-corrected chi connectivity index (χ3v) is 3.45. The molecule has 0 fully saturated rings. The van der Waals surface area contributed by atoms with Gasteiger partial charge in [-0.25, -0.2) is 4.39 Å². The Hall–Kier alpha value is -0.970. The predicted octanol–water partition coefficient (Wildman–Crippen LogP) is 2.18. The maximum atomic E-state index is 13.8. The van der Waals surface area contributed by atoms with E-state index in [0.717, 1.165) is 13.0 Å². The lowest BCUT2D eigenvalue weighted by atomic mass is 10.0. The maximum Gasteiger partial charge on any atom is 0.127 e. The summed E-state index contributed by atoms with van der Waals surface area (Å²) in [5.74, 6) is -0.167. The molecule has 19 heavy (non-hydrogen) atoms. The molecule has 1 aromatic rings. The monoisotopic (exact) mass is 268 g/mol. The van der Waals surface area contributed by atoms with Crippen LogP contribution in [0.4, 0.5) is 4.39 Å². The molecule has 0 aromatic heterocycles. The molecule has 3 nitrogen and oxygen atoms in total. The van der Waals surface area contributed by atoms with E-state index in [2.05, 4.69) is 24.1 Å². The number of aliphatic hydroxyl groups is 1. The van der Waals surface area contributed by atoms with Gasteiger partial charge in [0.25, 0.3) is 0 Å². The molecule has 1 aromatic carbocycles. The highest BCUT2D eigenvalue weighted by Crippen LogP contribution is 2.20. The minimum atomic E-state index is -0.167. The fraction of sp³-hybridized carbons (Fsp3) is 0.600. The van der Waals surface area contributed by atoms with Gasteiger partial charge in [-0.2, -0.15) is 0 Å². The van der Waals surface area contributed by atoms with Crippen LogP contribution >= 0.6 is 0 Å². The van der Waals surface area contributed by atoms with Gasteiger partial charge in [-0.15, -0.1) is 0 Å². The van der Waals surface area contributed by atoms with Gasteiger partial charge < -0.3 is 10.4 Å². The molecule has 0 radical (unpaired) electrons. The van der Waals surface area contributed by atoms with Gasteiger partial charge in [0.2, 0.25) is 0 Å². The van der Waals surface area contributed by atoms with Gasteiger partial charge in [0.05, 0.1) is 6.61 Å². The zero-order chi connectivity index (χ0) is 14.3. The fourth-order valence-corrected chi connectivity index (χ4v) is 2.26. The van der Waals surface area contributed by atoms with E-state index in [1.54, 1.807) is 6.07 Å². The molecule has 1 rings (SSSR count). The lowest BCUT2D eigenvalue weighted by molar-refractivity contribution is 0.160. The van der Waals surface area contributed by atoms with Crippen LogP contribution < -0.4 is 5.32 Å². The highest BCUT2D eigenvalue weighted by atomic mass is 19.1. The zero-order valence-electron chi connectivity index (χ0n) is 12.1. The Morgan fingerprint density at radius 3 is 2.47 bits per heavy atom. The first-order valence-electron chi connectivity index (χ1n) is 6.86. The molecule has 1 unspecified atom stereocenters. The van der Waals surface area contributed by atoms with Gasteiger partial charge in [-0.3, -0.25) is 4.90 Å². The molecule has 0 aliphatic carbocycles. The number of rotatable bonds is 8. The van der Waals surface area contributed by atoms with Crippen LogP contribution in [0.25, 0.3) is 0 Å². The van der Waals surface area contributed by atoms with Gasteiger partial charge in [0.15, 0.2) is 0 Å². The number of hydrogen-bond donors (Lipinski definition) is 2. The Balaban J connectivity index is 2.65. The van der Waals surface area contributed by atoms with Gasteiger partial charge in [0, 0.05) is 30.7 Å². The summed E-state index contributed by atoms with van der Waals surface area (Å²) >= 11 is 0. The highest BCUT2D eigenvalue weighted by Gasteiger charge is 2.16. The lowest BCUT2D eigenvalue weighted by Gasteiger charge is -2.28. The Morgan fingerprint density at radius 1 is 1.26 bits per heavy atom. The Morgan fingerprint density at radius 2 is 1.95 bits per heavy atom. The first-order valence-corrected chi connectivity index (χ1v) is 6.86. The zero-order valence-corrected chi connectivity index (χ0v) is 12.1. The molecule has 0 saturated heterocycles. The molecule has 0 spiro atoms. The summed E-state index contributed by atoms with van der Waals surface area (Å²) < 4.78 is 13.8. The average molecular weight is 268 g/mol. The van der Waals surface area contributed by atoms with Gasteiger partial charge >= 0.3 is 0 Å². The molecule has 0 heterocycles. The topological polar surface area (TPSA) is 35.5 Å². The van der Waals surface area contributed by atoms with Crippen molar-refractivity contribution in [3.63, 3.8) is 0 Å². The minimum absolute atomic E-state index is 0.00106. The summed E-state index contributed by atoms with van der Waals surface area (Å²) in [4.78, 5) is 2.20. The van der Waals surface area contributed by atoms with Crippen molar-refractivity contribution in [3.8, 4) is 0 Å². The van der Waals surface area contributed by atoms with Crippen molar-refractivity contribution < 1.29 is 9.50 Å². The van der Waals surface area contributed by atoms with Crippen LogP contribution in [0.1, 0.15) is 31.9 Å². The number of nitrogens with one attached hydrogen (secondary N) is 1. The lowest BCUT2D eigenvalue weighted by Crippen LogP contribution is -2.36. The van der Waals surface area contributed by atoms with Gasteiger partial charge in [-0.05, 0) is 33.4 Å². The second-order valence-corrected chi connectivity index (χ2v) is 5.00. The first kappa shape index (κ1) is 16.1. The fourth-order valence-electron chi connectivity index (χ4n) is 2.26. The maximum absolute atomic E-state index is 13.8. The summed E-state index contributed by atoms with van der Waals surface area (Å²) in [6, 6.07) is 7.26. The van der Waals surface area contributed by atoms with Gasteiger partial charge in [0.1, 0.15) is 5.82 Å². The molecule has 1 atom stereocenters. The summed E-state index contributed by atoms with van der Waals surface area (Å²) in [7, 11) is 1.85. The largest absolute Gasteiger partial charge is 0.395 e. The van der Waals surface area contributed by atoms with Crippen LogP contribution in [-0.4, -0.2) is 42.8 Å². The van der Waals surface area contributed by atoms with Crippen molar-refractivity contribution in [2.75, 3.05) is 26.7 Å². The van der Waals surface area contributed by atoms with Crippen molar-refractivity contribution >= 4 is 0 Å². The first-order chi connectivity index (χ1) is 9.10. The Labute approximate surface area is 115 Å². The van der Waals surface area contributed by atoms with E-state index in [1.165, 1.54) is 6.07 Å². The number of nitrogens with zero attached hydrogens (tertiary/aromatic N) is 1. The summed E-state index contributed by atoms with van der Waals surface area (Å²) in [6.07, 6.45) is 0.815. The smallest absolute Gasteiger partial charge is 0.127 e. The summed E-state index contributed by atoms with van der Waals surface area (Å²) in [5.41, 5.74) is 0.706. The number of benzene rings is 1. The van der Waals surface area contributed by atoms with E-state index in [4.69, 9.17) is 5.11 Å². The van der Waals surface area contributed by atoms with E-state index >= 15 is 0 Å². The SMILES string of the molecule is CNC(CCN(CCO)C(C)C)c1ccccc1F. The second-order valence-electron chi connectivity index (χ2n) is 5.00. The van der Waals surface area contributed by atoms with E-state index in [1.807, 2.05) is 19.2 Å². The third kappa shape index (κ3) is 4.90. The van der Waals surface area contributed by atoms with Crippen LogP contribution in [0.15, 0.2) is 24.3 Å². The molecular weight excluding hydrogens is 243 g/mol. The van der Waals surface area contributed by atoms with Crippen molar-refractivity contribution in [3.05, 3.63) is 35.6 Å². The molecule has 2 N–H and O–H groups in total. The van der Waals surface area contributed by atoms with Crippen LogP contribution in [0, 0.1) is 5.82 Å². The van der Waals surface area contributed by atoms with Crippen LogP contribution in [0.5, 0.6) is 0 Å². The van der Waals surface area contributed by atoms with Crippen molar-refractivity contribution in [1.82, 2.24) is 10.2 Å². The molecule has 108 valence electrons. The standard InChI is InChI=1S/C15H25FN2O/c1-12(2)18(10-11-19)9-8-15(17-3)13-6-4-5-7-14(13)16/h4-7,12,15,17,19H,8-11H2,1-3H3. The van der Waals surface area contributed by atoms with Crippen LogP contribution in [-0.2, 0) is 0 Å². The van der Waals surface area contributed by atoms with Crippen molar-refractivity contribution in [2.45, 2.75) is 32.4 Å². The summed E-state index contributed by atoms with van der Waals surface area (Å²) in [6.45, 7) is 5.85. The molecule has 0 saturated carbocycles. The molecule has 0 bridgehead atoms. The second kappa shape index (κ2) is 8.25. The van der Waals surface area contributed by atoms with Crippen molar-refractivity contribution in [2.24, 2.45) is 0 Å². The van der Waals surface area contributed by atoms with E-state index in [9.17, 15) is 4.39 Å². The molecule has 0 aliphatic rings. The Bertz CT molecular complexity index is 371. The number of aliphatic hydroxyl groups excluding tert-OH is 1. The third-order valence-electron chi connectivity index (χ3n) is 3.45. The van der Waals surface area contributed by atoms with Crippen LogP contribution in [0.2, 0.25) is 0 Å².